The van der Waals surface area contributed by atoms with Gasteiger partial charge in [-0.3, -0.25) is 4.90 Å². The summed E-state index contributed by atoms with van der Waals surface area (Å²) in [5.41, 5.74) is 6.49. The average molecular weight is 294 g/mol. The molecule has 0 amide bonds. The van der Waals surface area contributed by atoms with Gasteiger partial charge in [0.1, 0.15) is 16.5 Å². The largest absolute Gasteiger partial charge is 0.389 e. The Morgan fingerprint density at radius 2 is 1.95 bits per heavy atom. The monoisotopic (exact) mass is 294 g/mol. The summed E-state index contributed by atoms with van der Waals surface area (Å²) < 4.78 is 0. The van der Waals surface area contributed by atoms with Crippen LogP contribution in [0.5, 0.6) is 0 Å². The minimum absolute atomic E-state index is 0.545. The fourth-order valence-corrected chi connectivity index (χ4v) is 3.41. The third-order valence-electron chi connectivity index (χ3n) is 3.17. The second-order valence-electron chi connectivity index (χ2n) is 5.97. The Balaban J connectivity index is 2.28. The van der Waals surface area contributed by atoms with Crippen molar-refractivity contribution < 1.29 is 5.11 Å². The summed E-state index contributed by atoms with van der Waals surface area (Å²) in [6.07, 6.45) is 0. The molecule has 0 radical (unpaired) electrons. The number of nitrogen functional groups attached to an aromatic ring is 1. The molecule has 5 nitrogen and oxygen atoms in total. The van der Waals surface area contributed by atoms with Gasteiger partial charge in [0.05, 0.1) is 17.5 Å². The van der Waals surface area contributed by atoms with Crippen molar-refractivity contribution in [1.29, 1.82) is 0 Å². The van der Waals surface area contributed by atoms with E-state index < -0.39 is 5.60 Å². The maximum Gasteiger partial charge on any atom is 0.146 e. The molecule has 20 heavy (non-hydrogen) atoms. The van der Waals surface area contributed by atoms with Gasteiger partial charge in [0.15, 0.2) is 0 Å². The maximum atomic E-state index is 9.83. The van der Waals surface area contributed by atoms with Gasteiger partial charge in [-0.1, -0.05) is 0 Å². The summed E-state index contributed by atoms with van der Waals surface area (Å²) in [7, 11) is 1.94. The van der Waals surface area contributed by atoms with Crippen LogP contribution in [-0.2, 0) is 6.54 Å². The molecular formula is C14H22N4OS. The number of aromatic nitrogens is 2. The van der Waals surface area contributed by atoms with Crippen molar-refractivity contribution in [3.05, 3.63) is 16.3 Å². The first-order valence-corrected chi connectivity index (χ1v) is 7.42. The predicted molar refractivity (Wildman–Crippen MR) is 83.9 cm³/mol. The third kappa shape index (κ3) is 3.26. The Bertz CT molecular complexity index is 630. The maximum absolute atomic E-state index is 9.83. The second kappa shape index (κ2) is 5.27. The van der Waals surface area contributed by atoms with Crippen LogP contribution in [0.4, 0.5) is 5.82 Å². The minimum atomic E-state index is -0.736. The van der Waals surface area contributed by atoms with Crippen molar-refractivity contribution in [2.75, 3.05) is 19.3 Å². The zero-order chi connectivity index (χ0) is 15.1. The van der Waals surface area contributed by atoms with E-state index in [9.17, 15) is 5.11 Å². The molecule has 0 fully saturated rings. The van der Waals surface area contributed by atoms with Gasteiger partial charge in [0, 0.05) is 11.4 Å². The summed E-state index contributed by atoms with van der Waals surface area (Å²) in [4.78, 5) is 13.1. The minimum Gasteiger partial charge on any atom is -0.389 e. The van der Waals surface area contributed by atoms with Gasteiger partial charge in [0.25, 0.3) is 0 Å². The number of nitrogens with zero attached hydrogens (tertiary/aromatic N) is 3. The Morgan fingerprint density at radius 3 is 2.55 bits per heavy atom. The van der Waals surface area contributed by atoms with Crippen LogP contribution < -0.4 is 5.73 Å². The van der Waals surface area contributed by atoms with E-state index in [0.29, 0.717) is 24.7 Å². The standard InChI is InChI=1S/C14H22N4OS/c1-8-9(2)20-13-11(8)12(15)16-10(17-13)6-18(5)7-14(3,4)19/h19H,6-7H2,1-5H3,(H2,15,16,17). The van der Waals surface area contributed by atoms with E-state index in [-0.39, 0.29) is 0 Å². The topological polar surface area (TPSA) is 75.3 Å². The van der Waals surface area contributed by atoms with E-state index in [4.69, 9.17) is 5.73 Å². The molecule has 0 unspecified atom stereocenters. The van der Waals surface area contributed by atoms with Crippen molar-refractivity contribution >= 4 is 27.4 Å². The number of rotatable bonds is 4. The molecule has 0 aliphatic heterocycles. The van der Waals surface area contributed by atoms with Crippen LogP contribution in [0.3, 0.4) is 0 Å². The van der Waals surface area contributed by atoms with Crippen molar-refractivity contribution in [2.45, 2.75) is 39.8 Å². The van der Waals surface area contributed by atoms with E-state index in [0.717, 1.165) is 10.2 Å². The van der Waals surface area contributed by atoms with Crippen LogP contribution in [-0.4, -0.2) is 39.2 Å². The van der Waals surface area contributed by atoms with Gasteiger partial charge in [-0.2, -0.15) is 0 Å². The Morgan fingerprint density at radius 1 is 1.30 bits per heavy atom. The Labute approximate surface area is 123 Å². The van der Waals surface area contributed by atoms with E-state index in [1.54, 1.807) is 25.2 Å². The highest BCUT2D eigenvalue weighted by atomic mass is 32.1. The molecule has 0 aliphatic rings. The van der Waals surface area contributed by atoms with Crippen LogP contribution in [0.15, 0.2) is 0 Å². The van der Waals surface area contributed by atoms with Gasteiger partial charge in [-0.15, -0.1) is 11.3 Å². The molecule has 110 valence electrons. The first-order valence-electron chi connectivity index (χ1n) is 6.60. The zero-order valence-corrected chi connectivity index (χ0v) is 13.5. The molecule has 6 heteroatoms. The van der Waals surface area contributed by atoms with Crippen LogP contribution in [0.2, 0.25) is 0 Å². The van der Waals surface area contributed by atoms with Crippen molar-refractivity contribution in [2.24, 2.45) is 0 Å². The molecule has 2 rings (SSSR count). The van der Waals surface area contributed by atoms with Crippen LogP contribution >= 0.6 is 11.3 Å². The van der Waals surface area contributed by atoms with Crippen molar-refractivity contribution in [3.8, 4) is 0 Å². The first-order chi connectivity index (χ1) is 9.17. The molecule has 2 aromatic heterocycles. The summed E-state index contributed by atoms with van der Waals surface area (Å²) >= 11 is 1.65. The first kappa shape index (κ1) is 15.2. The lowest BCUT2D eigenvalue weighted by Crippen LogP contribution is -2.36. The highest BCUT2D eigenvalue weighted by Crippen LogP contribution is 2.31. The summed E-state index contributed by atoms with van der Waals surface area (Å²) in [5, 5.41) is 10.8. The van der Waals surface area contributed by atoms with E-state index in [1.807, 2.05) is 18.9 Å². The van der Waals surface area contributed by atoms with E-state index in [1.165, 1.54) is 10.4 Å². The molecule has 3 N–H and O–H groups in total. The number of aliphatic hydroxyl groups is 1. The SMILES string of the molecule is Cc1sc2nc(CN(C)CC(C)(C)O)nc(N)c2c1C. The predicted octanol–water partition coefficient (Wildman–Crippen LogP) is 2.09. The van der Waals surface area contributed by atoms with Crippen molar-refractivity contribution in [1.82, 2.24) is 14.9 Å². The van der Waals surface area contributed by atoms with E-state index in [2.05, 4.69) is 16.9 Å². The highest BCUT2D eigenvalue weighted by molar-refractivity contribution is 7.18. The molecular weight excluding hydrogens is 272 g/mol. The average Bonchev–Trinajstić information content (AvgIpc) is 2.51. The lowest BCUT2D eigenvalue weighted by Gasteiger charge is -2.24. The molecule has 2 aromatic rings. The number of likely N-dealkylation sites (N-methyl/N-ethyl adjacent to an activating group) is 1. The van der Waals surface area contributed by atoms with Crippen LogP contribution in [0.1, 0.15) is 30.1 Å². The van der Waals surface area contributed by atoms with E-state index >= 15 is 0 Å². The highest BCUT2D eigenvalue weighted by Gasteiger charge is 2.18. The van der Waals surface area contributed by atoms with Gasteiger partial charge < -0.3 is 10.8 Å². The molecule has 0 saturated heterocycles. The van der Waals surface area contributed by atoms with Crippen LogP contribution in [0, 0.1) is 13.8 Å². The molecule has 0 aromatic carbocycles. The second-order valence-corrected chi connectivity index (χ2v) is 7.18. The Hall–Kier alpha value is -1.24. The summed E-state index contributed by atoms with van der Waals surface area (Å²) in [6, 6.07) is 0. The van der Waals surface area contributed by atoms with Crippen molar-refractivity contribution in [3.63, 3.8) is 0 Å². The lowest BCUT2D eigenvalue weighted by atomic mass is 10.1. The molecule has 0 aliphatic carbocycles. The number of thiophene rings is 1. The molecule has 0 bridgehead atoms. The third-order valence-corrected chi connectivity index (χ3v) is 4.27. The van der Waals surface area contributed by atoms with Gasteiger partial charge in [-0.05, 0) is 40.3 Å². The fourth-order valence-electron chi connectivity index (χ4n) is 2.36. The number of nitrogens with two attached hydrogens (primary N) is 1. The smallest absolute Gasteiger partial charge is 0.146 e. The fraction of sp³-hybridized carbons (Fsp3) is 0.571. The number of hydrogen-bond acceptors (Lipinski definition) is 6. The number of hydrogen-bond donors (Lipinski definition) is 2. The van der Waals surface area contributed by atoms with Crippen LogP contribution in [0.25, 0.3) is 10.2 Å². The Kier molecular flexibility index (Phi) is 4.00. The molecule has 0 saturated carbocycles. The normalized spacial score (nSPS) is 12.6. The lowest BCUT2D eigenvalue weighted by molar-refractivity contribution is 0.0418. The number of anilines is 1. The number of aryl methyl sites for hydroxylation is 2. The molecule has 2 heterocycles. The summed E-state index contributed by atoms with van der Waals surface area (Å²) in [5.74, 6) is 1.24. The van der Waals surface area contributed by atoms with Gasteiger partial charge >= 0.3 is 0 Å². The number of fused-ring (bicyclic) bond motifs is 1. The molecule has 0 spiro atoms. The van der Waals surface area contributed by atoms with Gasteiger partial charge in [-0.25, -0.2) is 9.97 Å². The zero-order valence-electron chi connectivity index (χ0n) is 12.7. The van der Waals surface area contributed by atoms with Gasteiger partial charge in [0.2, 0.25) is 0 Å². The summed E-state index contributed by atoms with van der Waals surface area (Å²) in [6.45, 7) is 8.81. The quantitative estimate of drug-likeness (QED) is 0.903. The molecule has 0 atom stereocenters.